The Bertz CT molecular complexity index is 486. The van der Waals surface area contributed by atoms with Gasteiger partial charge in [-0.2, -0.15) is 0 Å². The van der Waals surface area contributed by atoms with E-state index in [1.807, 2.05) is 30.1 Å². The lowest BCUT2D eigenvalue weighted by molar-refractivity contribution is -0.127. The van der Waals surface area contributed by atoms with E-state index in [1.54, 1.807) is 19.0 Å². The second-order valence-electron chi connectivity index (χ2n) is 5.58. The van der Waals surface area contributed by atoms with Crippen molar-refractivity contribution in [3.8, 4) is 0 Å². The molecule has 1 saturated carbocycles. The maximum atomic E-state index is 11.7. The highest BCUT2D eigenvalue weighted by molar-refractivity contribution is 6.31. The van der Waals surface area contributed by atoms with Crippen LogP contribution in [0.25, 0.3) is 0 Å². The number of nitrogens with one attached hydrogen (secondary N) is 1. The van der Waals surface area contributed by atoms with Gasteiger partial charge in [0, 0.05) is 44.4 Å². The van der Waals surface area contributed by atoms with Crippen molar-refractivity contribution < 1.29 is 4.79 Å². The van der Waals surface area contributed by atoms with Crippen molar-refractivity contribution in [3.05, 3.63) is 28.8 Å². The number of nitrogens with zero attached hydrogens (tertiary/aromatic N) is 2. The van der Waals surface area contributed by atoms with E-state index in [2.05, 4.69) is 5.32 Å². The Labute approximate surface area is 125 Å². The fourth-order valence-corrected chi connectivity index (χ4v) is 2.14. The third-order valence-corrected chi connectivity index (χ3v) is 3.86. The van der Waals surface area contributed by atoms with Crippen LogP contribution in [0.15, 0.2) is 18.2 Å². The zero-order chi connectivity index (χ0) is 14.7. The fourth-order valence-electron chi connectivity index (χ4n) is 1.89. The molecule has 0 heterocycles. The smallest absolute Gasteiger partial charge is 0.241 e. The van der Waals surface area contributed by atoms with Crippen LogP contribution in [0.1, 0.15) is 18.4 Å². The summed E-state index contributed by atoms with van der Waals surface area (Å²) in [5, 5.41) is 4.20. The average molecular weight is 296 g/mol. The summed E-state index contributed by atoms with van der Waals surface area (Å²) in [5.41, 5.74) is 2.06. The number of benzene rings is 1. The standard InChI is InChI=1S/C15H22ClN3O/c1-18(2)15(20)10-19(3)13-7-4-11(14(16)8-13)9-17-12-5-6-12/h4,7-8,12,17H,5-6,9-10H2,1-3H3. The van der Waals surface area contributed by atoms with Crippen molar-refractivity contribution in [3.63, 3.8) is 0 Å². The Hall–Kier alpha value is -1.26. The third-order valence-electron chi connectivity index (χ3n) is 3.51. The number of hydrogen-bond acceptors (Lipinski definition) is 3. The SMILES string of the molecule is CN(C)C(=O)CN(C)c1ccc(CNC2CC2)c(Cl)c1. The average Bonchev–Trinajstić information content (AvgIpc) is 3.21. The molecule has 1 aromatic rings. The maximum absolute atomic E-state index is 11.7. The van der Waals surface area contributed by atoms with Gasteiger partial charge in [-0.1, -0.05) is 17.7 Å². The number of likely N-dealkylation sites (N-methyl/N-ethyl adjacent to an activating group) is 2. The van der Waals surface area contributed by atoms with Crippen LogP contribution in [0, 0.1) is 0 Å². The van der Waals surface area contributed by atoms with Crippen molar-refractivity contribution in [1.82, 2.24) is 10.2 Å². The van der Waals surface area contributed by atoms with E-state index in [0.717, 1.165) is 22.8 Å². The number of hydrogen-bond donors (Lipinski definition) is 1. The monoisotopic (exact) mass is 295 g/mol. The molecule has 0 unspecified atom stereocenters. The predicted molar refractivity (Wildman–Crippen MR) is 83.3 cm³/mol. The van der Waals surface area contributed by atoms with Crippen LogP contribution in [0.4, 0.5) is 5.69 Å². The molecule has 0 aliphatic heterocycles. The van der Waals surface area contributed by atoms with E-state index >= 15 is 0 Å². The van der Waals surface area contributed by atoms with E-state index in [9.17, 15) is 4.79 Å². The molecule has 20 heavy (non-hydrogen) atoms. The summed E-state index contributed by atoms with van der Waals surface area (Å²) in [6.45, 7) is 1.16. The van der Waals surface area contributed by atoms with Gasteiger partial charge in [-0.05, 0) is 30.5 Å². The quantitative estimate of drug-likeness (QED) is 0.873. The number of carbonyl (C=O) groups is 1. The maximum Gasteiger partial charge on any atom is 0.241 e. The predicted octanol–water partition coefficient (Wildman–Crippen LogP) is 2.12. The van der Waals surface area contributed by atoms with Crippen LogP contribution in [-0.4, -0.2) is 44.5 Å². The highest BCUT2D eigenvalue weighted by atomic mass is 35.5. The molecule has 1 amide bonds. The molecule has 1 aliphatic carbocycles. The highest BCUT2D eigenvalue weighted by Crippen LogP contribution is 2.25. The molecule has 1 aromatic carbocycles. The summed E-state index contributed by atoms with van der Waals surface area (Å²) in [6.07, 6.45) is 2.54. The zero-order valence-electron chi connectivity index (χ0n) is 12.3. The van der Waals surface area contributed by atoms with Gasteiger partial charge in [0.2, 0.25) is 5.91 Å². The first-order valence-corrected chi connectivity index (χ1v) is 7.28. The largest absolute Gasteiger partial charge is 0.365 e. The van der Waals surface area contributed by atoms with E-state index in [4.69, 9.17) is 11.6 Å². The first kappa shape index (κ1) is 15.1. The van der Waals surface area contributed by atoms with Gasteiger partial charge in [-0.25, -0.2) is 0 Å². The summed E-state index contributed by atoms with van der Waals surface area (Å²) >= 11 is 6.31. The molecule has 1 fully saturated rings. The zero-order valence-corrected chi connectivity index (χ0v) is 13.1. The molecule has 2 rings (SSSR count). The number of carbonyl (C=O) groups excluding carboxylic acids is 1. The van der Waals surface area contributed by atoms with Gasteiger partial charge in [-0.15, -0.1) is 0 Å². The Balaban J connectivity index is 1.97. The lowest BCUT2D eigenvalue weighted by Gasteiger charge is -2.21. The lowest BCUT2D eigenvalue weighted by atomic mass is 10.2. The molecule has 1 N–H and O–H groups in total. The first-order chi connectivity index (χ1) is 9.47. The molecule has 1 aliphatic rings. The van der Waals surface area contributed by atoms with Crippen molar-refractivity contribution in [2.45, 2.75) is 25.4 Å². The number of amides is 1. The van der Waals surface area contributed by atoms with Gasteiger partial charge in [0.25, 0.3) is 0 Å². The van der Waals surface area contributed by atoms with E-state index in [0.29, 0.717) is 12.6 Å². The first-order valence-electron chi connectivity index (χ1n) is 6.90. The number of anilines is 1. The van der Waals surface area contributed by atoms with Gasteiger partial charge in [0.15, 0.2) is 0 Å². The normalized spacial score (nSPS) is 14.2. The van der Waals surface area contributed by atoms with Crippen LogP contribution in [-0.2, 0) is 11.3 Å². The van der Waals surface area contributed by atoms with Crippen LogP contribution in [0.3, 0.4) is 0 Å². The fraction of sp³-hybridized carbons (Fsp3) is 0.533. The molecule has 0 atom stereocenters. The molecule has 5 heteroatoms. The van der Waals surface area contributed by atoms with Crippen molar-refractivity contribution in [2.75, 3.05) is 32.6 Å². The molecular formula is C15H22ClN3O. The van der Waals surface area contributed by atoms with Crippen molar-refractivity contribution in [2.24, 2.45) is 0 Å². The minimum atomic E-state index is 0.0723. The van der Waals surface area contributed by atoms with E-state index in [-0.39, 0.29) is 5.91 Å². The van der Waals surface area contributed by atoms with Crippen LogP contribution < -0.4 is 10.2 Å². The minimum Gasteiger partial charge on any atom is -0.365 e. The second-order valence-corrected chi connectivity index (χ2v) is 5.98. The van der Waals surface area contributed by atoms with Gasteiger partial charge in [0.05, 0.1) is 6.54 Å². The van der Waals surface area contributed by atoms with Gasteiger partial charge >= 0.3 is 0 Å². The molecule has 4 nitrogen and oxygen atoms in total. The summed E-state index contributed by atoms with van der Waals surface area (Å²) in [6, 6.07) is 6.64. The van der Waals surface area contributed by atoms with Crippen LogP contribution in [0.2, 0.25) is 5.02 Å². The minimum absolute atomic E-state index is 0.0723. The summed E-state index contributed by atoms with van der Waals surface area (Å²) in [5.74, 6) is 0.0723. The number of halogens is 1. The summed E-state index contributed by atoms with van der Waals surface area (Å²) in [7, 11) is 5.42. The molecule has 0 aromatic heterocycles. The Morgan fingerprint density at radius 1 is 1.35 bits per heavy atom. The second kappa shape index (κ2) is 6.46. The topological polar surface area (TPSA) is 35.6 Å². The van der Waals surface area contributed by atoms with Crippen LogP contribution >= 0.6 is 11.6 Å². The molecule has 0 bridgehead atoms. The number of rotatable bonds is 6. The summed E-state index contributed by atoms with van der Waals surface area (Å²) in [4.78, 5) is 15.2. The van der Waals surface area contributed by atoms with Gasteiger partial charge < -0.3 is 15.1 Å². The third kappa shape index (κ3) is 4.12. The molecule has 110 valence electrons. The van der Waals surface area contributed by atoms with E-state index < -0.39 is 0 Å². The van der Waals surface area contributed by atoms with Gasteiger partial charge in [-0.3, -0.25) is 4.79 Å². The van der Waals surface area contributed by atoms with Crippen molar-refractivity contribution in [1.29, 1.82) is 0 Å². The van der Waals surface area contributed by atoms with E-state index in [1.165, 1.54) is 12.8 Å². The Kier molecular flexibility index (Phi) is 4.89. The van der Waals surface area contributed by atoms with Gasteiger partial charge in [0.1, 0.15) is 0 Å². The molecular weight excluding hydrogens is 274 g/mol. The molecule has 0 radical (unpaired) electrons. The molecule has 0 saturated heterocycles. The Morgan fingerprint density at radius 2 is 2.05 bits per heavy atom. The van der Waals surface area contributed by atoms with Crippen LogP contribution in [0.5, 0.6) is 0 Å². The summed E-state index contributed by atoms with van der Waals surface area (Å²) < 4.78 is 0. The molecule has 0 spiro atoms. The lowest BCUT2D eigenvalue weighted by Crippen LogP contribution is -2.34. The van der Waals surface area contributed by atoms with Crippen molar-refractivity contribution >= 4 is 23.2 Å². The Morgan fingerprint density at radius 3 is 2.60 bits per heavy atom. The highest BCUT2D eigenvalue weighted by Gasteiger charge is 2.20.